The van der Waals surface area contributed by atoms with Gasteiger partial charge in [0.15, 0.2) is 0 Å². The number of nitrogens with one attached hydrogen (secondary N) is 2. The van der Waals surface area contributed by atoms with Crippen LogP contribution >= 0.6 is 0 Å². The van der Waals surface area contributed by atoms with E-state index in [1.54, 1.807) is 7.11 Å². The zero-order chi connectivity index (χ0) is 23.4. The highest BCUT2D eigenvalue weighted by Crippen LogP contribution is 2.41. The second kappa shape index (κ2) is 10.2. The molecular weight excluding hydrogens is 432 g/mol. The van der Waals surface area contributed by atoms with E-state index < -0.39 is 17.7 Å². The Morgan fingerprint density at radius 1 is 1.03 bits per heavy atom. The summed E-state index contributed by atoms with van der Waals surface area (Å²) < 4.78 is 37.5. The van der Waals surface area contributed by atoms with Gasteiger partial charge in [-0.3, -0.25) is 4.79 Å². The molecule has 4 rings (SSSR count). The lowest BCUT2D eigenvalue weighted by molar-refractivity contribution is -0.140. The van der Waals surface area contributed by atoms with E-state index in [0.717, 1.165) is 29.5 Å². The number of carbonyl (C=O) groups is 2. The number of halogens is 2. The number of morpholine rings is 1. The largest absolute Gasteiger partial charge is 0.497 e. The van der Waals surface area contributed by atoms with E-state index >= 15 is 0 Å². The minimum Gasteiger partial charge on any atom is -0.497 e. The van der Waals surface area contributed by atoms with Crippen LogP contribution in [0.25, 0.3) is 0 Å². The molecule has 0 aromatic heterocycles. The predicted octanol–water partition coefficient (Wildman–Crippen LogP) is 3.52. The van der Waals surface area contributed by atoms with Crippen molar-refractivity contribution in [2.24, 2.45) is 5.92 Å². The lowest BCUT2D eigenvalue weighted by Gasteiger charge is -2.31. The highest BCUT2D eigenvalue weighted by molar-refractivity contribution is 5.89. The number of rotatable bonds is 5. The number of benzene rings is 2. The maximum absolute atomic E-state index is 13.4. The van der Waals surface area contributed by atoms with Crippen LogP contribution in [0, 0.1) is 17.6 Å². The molecule has 1 aliphatic heterocycles. The number of methoxy groups -OCH3 is 1. The molecule has 2 aliphatic rings. The van der Waals surface area contributed by atoms with Crippen molar-refractivity contribution >= 4 is 17.6 Å². The summed E-state index contributed by atoms with van der Waals surface area (Å²) in [6, 6.07) is 9.59. The molecule has 1 saturated carbocycles. The normalized spacial score (nSPS) is 22.6. The second-order valence-electron chi connectivity index (χ2n) is 8.35. The average Bonchev–Trinajstić information content (AvgIpc) is 3.22. The Labute approximate surface area is 191 Å². The number of amides is 3. The zero-order valence-electron chi connectivity index (χ0n) is 18.4. The molecule has 2 aromatic carbocycles. The number of carbonyl (C=O) groups excluding carboxylic acids is 2. The molecule has 0 bridgehead atoms. The minimum absolute atomic E-state index is 0.0237. The highest BCUT2D eigenvalue weighted by Gasteiger charge is 2.42. The van der Waals surface area contributed by atoms with E-state index in [1.165, 1.54) is 0 Å². The fraction of sp³-hybridized carbons (Fsp3) is 0.417. The van der Waals surface area contributed by atoms with E-state index in [4.69, 9.17) is 9.47 Å². The minimum atomic E-state index is -0.776. The Kier molecular flexibility index (Phi) is 7.08. The summed E-state index contributed by atoms with van der Waals surface area (Å²) in [6.07, 6.45) is 1.04. The van der Waals surface area contributed by atoms with Gasteiger partial charge < -0.3 is 25.0 Å². The molecule has 33 heavy (non-hydrogen) atoms. The summed E-state index contributed by atoms with van der Waals surface area (Å²) in [4.78, 5) is 27.7. The van der Waals surface area contributed by atoms with Crippen LogP contribution in [0.5, 0.6) is 5.75 Å². The Morgan fingerprint density at radius 2 is 1.70 bits per heavy atom. The number of anilines is 1. The van der Waals surface area contributed by atoms with E-state index in [2.05, 4.69) is 10.6 Å². The van der Waals surface area contributed by atoms with Crippen molar-refractivity contribution in [2.45, 2.75) is 24.8 Å². The molecule has 0 spiro atoms. The van der Waals surface area contributed by atoms with Gasteiger partial charge in [-0.25, -0.2) is 13.6 Å². The Balaban J connectivity index is 1.48. The summed E-state index contributed by atoms with van der Waals surface area (Å²) in [6.45, 7) is 2.13. The van der Waals surface area contributed by atoms with Crippen LogP contribution in [0.1, 0.15) is 24.3 Å². The topological polar surface area (TPSA) is 79.9 Å². The molecule has 2 fully saturated rings. The number of nitrogens with zero attached hydrogens (tertiary/aromatic N) is 1. The maximum atomic E-state index is 13.4. The van der Waals surface area contributed by atoms with Gasteiger partial charge in [-0.15, -0.1) is 0 Å². The summed E-state index contributed by atoms with van der Waals surface area (Å²) in [7, 11) is 1.60. The third kappa shape index (κ3) is 5.60. The molecule has 3 amide bonds. The van der Waals surface area contributed by atoms with Gasteiger partial charge >= 0.3 is 6.03 Å². The van der Waals surface area contributed by atoms with Crippen molar-refractivity contribution in [3.63, 3.8) is 0 Å². The standard InChI is InChI=1S/C24H27F2N3O4/c1-32-20-4-2-15(3-5-20)21-13-19(14-22(21)23(30)29-6-8-33-9-7-29)28-24(31)27-18-11-16(25)10-17(26)12-18/h2-5,10-12,19,21-22H,6-9,13-14H2,1H3,(H2,27,28,31)/t19-,21+,22-/m0/s1. The molecule has 176 valence electrons. The number of ether oxygens (including phenoxy) is 2. The maximum Gasteiger partial charge on any atom is 0.319 e. The molecule has 2 N–H and O–H groups in total. The smallest absolute Gasteiger partial charge is 0.319 e. The predicted molar refractivity (Wildman–Crippen MR) is 118 cm³/mol. The second-order valence-corrected chi connectivity index (χ2v) is 8.35. The van der Waals surface area contributed by atoms with Crippen LogP contribution in [0.3, 0.4) is 0 Å². The average molecular weight is 459 g/mol. The van der Waals surface area contributed by atoms with Gasteiger partial charge in [0.25, 0.3) is 0 Å². The first kappa shape index (κ1) is 23.0. The zero-order valence-corrected chi connectivity index (χ0v) is 18.4. The molecule has 7 nitrogen and oxygen atoms in total. The first-order valence-corrected chi connectivity index (χ1v) is 11.0. The van der Waals surface area contributed by atoms with Crippen molar-refractivity contribution in [3.8, 4) is 5.75 Å². The van der Waals surface area contributed by atoms with Crippen molar-refractivity contribution in [3.05, 3.63) is 59.7 Å². The third-order valence-electron chi connectivity index (χ3n) is 6.20. The van der Waals surface area contributed by atoms with Crippen molar-refractivity contribution < 1.29 is 27.8 Å². The quantitative estimate of drug-likeness (QED) is 0.717. The van der Waals surface area contributed by atoms with E-state index in [0.29, 0.717) is 39.1 Å². The highest BCUT2D eigenvalue weighted by atomic mass is 19.1. The van der Waals surface area contributed by atoms with Gasteiger partial charge in [0.2, 0.25) is 5.91 Å². The van der Waals surface area contributed by atoms with Gasteiger partial charge in [-0.1, -0.05) is 12.1 Å². The number of urea groups is 1. The molecule has 1 heterocycles. The van der Waals surface area contributed by atoms with Crippen molar-refractivity contribution in [1.29, 1.82) is 0 Å². The first-order chi connectivity index (χ1) is 15.9. The van der Waals surface area contributed by atoms with Crippen LogP contribution in [0.15, 0.2) is 42.5 Å². The van der Waals surface area contributed by atoms with Gasteiger partial charge in [-0.2, -0.15) is 0 Å². The van der Waals surface area contributed by atoms with Gasteiger partial charge in [0.1, 0.15) is 17.4 Å². The lowest BCUT2D eigenvalue weighted by atomic mass is 9.88. The van der Waals surface area contributed by atoms with Crippen LogP contribution in [-0.4, -0.2) is 56.3 Å². The van der Waals surface area contributed by atoms with E-state index in [1.807, 2.05) is 29.2 Å². The lowest BCUT2D eigenvalue weighted by Crippen LogP contribution is -2.44. The molecule has 1 aliphatic carbocycles. The van der Waals surface area contributed by atoms with E-state index in [-0.39, 0.29) is 29.5 Å². The summed E-state index contributed by atoms with van der Waals surface area (Å²) >= 11 is 0. The summed E-state index contributed by atoms with van der Waals surface area (Å²) in [5.41, 5.74) is 1.02. The third-order valence-corrected chi connectivity index (χ3v) is 6.20. The van der Waals surface area contributed by atoms with Gasteiger partial charge in [0, 0.05) is 36.8 Å². The summed E-state index contributed by atoms with van der Waals surface area (Å²) in [5, 5.41) is 5.33. The molecule has 0 radical (unpaired) electrons. The SMILES string of the molecule is COc1ccc([C@H]2C[C@H](NC(=O)Nc3cc(F)cc(F)c3)C[C@@H]2C(=O)N2CCOCC2)cc1. The van der Waals surface area contributed by atoms with Crippen LogP contribution in [0.4, 0.5) is 19.3 Å². The number of hydrogen-bond donors (Lipinski definition) is 2. The fourth-order valence-corrected chi connectivity index (χ4v) is 4.64. The van der Waals surface area contributed by atoms with Gasteiger partial charge in [-0.05, 0) is 48.6 Å². The molecule has 1 saturated heterocycles. The Morgan fingerprint density at radius 3 is 2.33 bits per heavy atom. The van der Waals surface area contributed by atoms with Gasteiger partial charge in [0.05, 0.1) is 20.3 Å². The molecule has 3 atom stereocenters. The fourth-order valence-electron chi connectivity index (χ4n) is 4.64. The van der Waals surface area contributed by atoms with Crippen LogP contribution in [0.2, 0.25) is 0 Å². The van der Waals surface area contributed by atoms with Crippen molar-refractivity contribution in [1.82, 2.24) is 10.2 Å². The van der Waals surface area contributed by atoms with Crippen LogP contribution in [-0.2, 0) is 9.53 Å². The molecule has 9 heteroatoms. The van der Waals surface area contributed by atoms with E-state index in [9.17, 15) is 18.4 Å². The number of hydrogen-bond acceptors (Lipinski definition) is 4. The molecular formula is C24H27F2N3O4. The first-order valence-electron chi connectivity index (χ1n) is 11.0. The monoisotopic (exact) mass is 459 g/mol. The summed E-state index contributed by atoms with van der Waals surface area (Å²) in [5.74, 6) is -1.15. The molecule has 2 aromatic rings. The van der Waals surface area contributed by atoms with Crippen LogP contribution < -0.4 is 15.4 Å². The Hall–Kier alpha value is -3.20. The van der Waals surface area contributed by atoms with Crippen molar-refractivity contribution in [2.75, 3.05) is 38.7 Å². The molecule has 0 unspecified atom stereocenters. The Bertz CT molecular complexity index is 975.